The maximum absolute atomic E-state index is 10.5. The van der Waals surface area contributed by atoms with Crippen LogP contribution >= 0.6 is 7.82 Å². The van der Waals surface area contributed by atoms with Gasteiger partial charge in [-0.2, -0.15) is 0 Å². The van der Waals surface area contributed by atoms with Crippen LogP contribution in [0.1, 0.15) is 12.8 Å². The molecule has 2 unspecified atom stereocenters. The summed E-state index contributed by atoms with van der Waals surface area (Å²) in [4.78, 5) is 19.0. The highest BCUT2D eigenvalue weighted by atomic mass is 31.2. The van der Waals surface area contributed by atoms with Gasteiger partial charge in [-0.05, 0) is 12.8 Å². The molecular formula is C8H18NO6P. The predicted molar refractivity (Wildman–Crippen MR) is 55.7 cm³/mol. The first-order valence-electron chi connectivity index (χ1n) is 5.15. The number of phosphoric ester groups is 1. The van der Waals surface area contributed by atoms with Crippen LogP contribution in [0.4, 0.5) is 0 Å². The molecule has 2 atom stereocenters. The van der Waals surface area contributed by atoms with E-state index in [0.717, 1.165) is 0 Å². The fourth-order valence-electron chi connectivity index (χ4n) is 1.86. The third-order valence-electron chi connectivity index (χ3n) is 2.54. The van der Waals surface area contributed by atoms with Crippen molar-refractivity contribution in [2.24, 2.45) is 0 Å². The zero-order valence-electron chi connectivity index (χ0n) is 8.90. The number of phosphoric acid groups is 1. The Kier molecular flexibility index (Phi) is 5.33. The second-order valence-corrected chi connectivity index (χ2v) is 5.14. The summed E-state index contributed by atoms with van der Waals surface area (Å²) < 4.78 is 15.0. The monoisotopic (exact) mass is 255 g/mol. The van der Waals surface area contributed by atoms with E-state index in [1.54, 1.807) is 0 Å². The zero-order valence-corrected chi connectivity index (χ0v) is 9.79. The van der Waals surface area contributed by atoms with Crippen molar-refractivity contribution >= 4 is 7.82 Å². The van der Waals surface area contributed by atoms with Crippen LogP contribution in [0.25, 0.3) is 0 Å². The standard InChI is InChI=1S/C8H18NO6P/c10-3-1-2-9-5-8(11)4-7(9)6-15-16(12,13)14/h7-8,10-11H,1-6H2,(H2,12,13,14). The fraction of sp³-hybridized carbons (Fsp3) is 1.00. The first kappa shape index (κ1) is 14.1. The Labute approximate surface area is 93.9 Å². The highest BCUT2D eigenvalue weighted by Gasteiger charge is 2.32. The molecule has 1 fully saturated rings. The van der Waals surface area contributed by atoms with E-state index in [4.69, 9.17) is 14.9 Å². The minimum Gasteiger partial charge on any atom is -0.396 e. The van der Waals surface area contributed by atoms with E-state index in [-0.39, 0.29) is 19.3 Å². The summed E-state index contributed by atoms with van der Waals surface area (Å²) in [5.74, 6) is 0. The summed E-state index contributed by atoms with van der Waals surface area (Å²) in [6, 6.07) is -0.200. The summed E-state index contributed by atoms with van der Waals surface area (Å²) in [6.45, 7) is 0.989. The molecule has 0 radical (unpaired) electrons. The lowest BCUT2D eigenvalue weighted by molar-refractivity contribution is 0.128. The average Bonchev–Trinajstić information content (AvgIpc) is 2.52. The third-order valence-corrected chi connectivity index (χ3v) is 3.03. The highest BCUT2D eigenvalue weighted by molar-refractivity contribution is 7.46. The summed E-state index contributed by atoms with van der Waals surface area (Å²) in [5, 5.41) is 18.1. The van der Waals surface area contributed by atoms with Crippen molar-refractivity contribution in [2.45, 2.75) is 25.0 Å². The molecule has 0 amide bonds. The first-order chi connectivity index (χ1) is 7.42. The summed E-state index contributed by atoms with van der Waals surface area (Å²) in [7, 11) is -4.45. The summed E-state index contributed by atoms with van der Waals surface area (Å²) >= 11 is 0. The molecule has 0 aromatic heterocycles. The molecular weight excluding hydrogens is 237 g/mol. The van der Waals surface area contributed by atoms with Crippen LogP contribution in [0, 0.1) is 0 Å². The van der Waals surface area contributed by atoms with Crippen molar-refractivity contribution in [2.75, 3.05) is 26.3 Å². The molecule has 0 aromatic carbocycles. The number of rotatable bonds is 6. The maximum atomic E-state index is 10.5. The molecule has 8 heteroatoms. The molecule has 1 aliphatic heterocycles. The SMILES string of the molecule is O=P(O)(O)OCC1CC(O)CN1CCCO. The molecule has 4 N–H and O–H groups in total. The van der Waals surface area contributed by atoms with Gasteiger partial charge in [-0.25, -0.2) is 4.57 Å². The summed E-state index contributed by atoms with van der Waals surface area (Å²) in [5.41, 5.74) is 0. The van der Waals surface area contributed by atoms with Gasteiger partial charge in [0, 0.05) is 25.7 Å². The number of likely N-dealkylation sites (tertiary alicyclic amines) is 1. The topological polar surface area (TPSA) is 110 Å². The Bertz CT molecular complexity index is 257. The van der Waals surface area contributed by atoms with Crippen molar-refractivity contribution in [1.82, 2.24) is 4.90 Å². The van der Waals surface area contributed by atoms with E-state index < -0.39 is 13.9 Å². The number of aliphatic hydroxyl groups excluding tert-OH is 2. The predicted octanol–water partition coefficient (Wildman–Crippen LogP) is -1.09. The molecule has 0 bridgehead atoms. The fourth-order valence-corrected chi connectivity index (χ4v) is 2.23. The number of nitrogens with zero attached hydrogens (tertiary/aromatic N) is 1. The Morgan fingerprint density at radius 2 is 2.12 bits per heavy atom. The Morgan fingerprint density at radius 1 is 1.44 bits per heavy atom. The molecule has 0 aliphatic carbocycles. The van der Waals surface area contributed by atoms with E-state index in [0.29, 0.717) is 25.9 Å². The first-order valence-corrected chi connectivity index (χ1v) is 6.68. The van der Waals surface area contributed by atoms with Gasteiger partial charge in [0.1, 0.15) is 0 Å². The number of β-amino-alcohol motifs (C(OH)–C–C–N with tert-alkyl or cyclic N) is 1. The van der Waals surface area contributed by atoms with Gasteiger partial charge in [-0.1, -0.05) is 0 Å². The van der Waals surface area contributed by atoms with Gasteiger partial charge in [0.25, 0.3) is 0 Å². The molecule has 7 nitrogen and oxygen atoms in total. The van der Waals surface area contributed by atoms with Crippen LogP contribution < -0.4 is 0 Å². The molecule has 1 heterocycles. The second-order valence-electron chi connectivity index (χ2n) is 3.90. The van der Waals surface area contributed by atoms with Crippen molar-refractivity contribution in [3.8, 4) is 0 Å². The molecule has 1 saturated heterocycles. The molecule has 0 aromatic rings. The van der Waals surface area contributed by atoms with E-state index in [2.05, 4.69) is 4.52 Å². The van der Waals surface area contributed by atoms with Crippen LogP contribution in [0.3, 0.4) is 0 Å². The molecule has 1 aliphatic rings. The number of hydrogen-bond acceptors (Lipinski definition) is 5. The Hall–Kier alpha value is -0.0100. The van der Waals surface area contributed by atoms with Gasteiger partial charge in [-0.15, -0.1) is 0 Å². The van der Waals surface area contributed by atoms with Crippen molar-refractivity contribution in [3.05, 3.63) is 0 Å². The lowest BCUT2D eigenvalue weighted by atomic mass is 10.2. The summed E-state index contributed by atoms with van der Waals surface area (Å²) in [6.07, 6.45) is 0.508. The lowest BCUT2D eigenvalue weighted by Gasteiger charge is -2.23. The van der Waals surface area contributed by atoms with Crippen LogP contribution in [0.2, 0.25) is 0 Å². The van der Waals surface area contributed by atoms with Crippen molar-refractivity contribution in [3.63, 3.8) is 0 Å². The van der Waals surface area contributed by atoms with Crippen molar-refractivity contribution in [1.29, 1.82) is 0 Å². The second kappa shape index (κ2) is 6.07. The average molecular weight is 255 g/mol. The van der Waals surface area contributed by atoms with E-state index in [9.17, 15) is 9.67 Å². The third kappa shape index (κ3) is 4.88. The number of aliphatic hydroxyl groups is 2. The van der Waals surface area contributed by atoms with Gasteiger partial charge in [0.15, 0.2) is 0 Å². The lowest BCUT2D eigenvalue weighted by Crippen LogP contribution is -2.34. The molecule has 0 spiro atoms. The van der Waals surface area contributed by atoms with E-state index >= 15 is 0 Å². The minimum atomic E-state index is -4.45. The van der Waals surface area contributed by atoms with Gasteiger partial charge >= 0.3 is 7.82 Å². The van der Waals surface area contributed by atoms with Crippen LogP contribution in [0.5, 0.6) is 0 Å². The van der Waals surface area contributed by atoms with Gasteiger partial charge < -0.3 is 20.0 Å². The molecule has 0 saturated carbocycles. The maximum Gasteiger partial charge on any atom is 0.469 e. The molecule has 1 rings (SSSR count). The largest absolute Gasteiger partial charge is 0.469 e. The van der Waals surface area contributed by atoms with Crippen molar-refractivity contribution < 1.29 is 29.1 Å². The van der Waals surface area contributed by atoms with Gasteiger partial charge in [0.05, 0.1) is 12.7 Å². The molecule has 16 heavy (non-hydrogen) atoms. The van der Waals surface area contributed by atoms with Crippen LogP contribution in [-0.2, 0) is 9.09 Å². The zero-order chi connectivity index (χ0) is 12.2. The normalized spacial score (nSPS) is 27.5. The smallest absolute Gasteiger partial charge is 0.396 e. The molecule has 96 valence electrons. The minimum absolute atomic E-state index is 0.0542. The Morgan fingerprint density at radius 3 is 2.69 bits per heavy atom. The van der Waals surface area contributed by atoms with E-state index in [1.165, 1.54) is 0 Å². The number of hydrogen-bond donors (Lipinski definition) is 4. The quantitative estimate of drug-likeness (QED) is 0.446. The van der Waals surface area contributed by atoms with Crippen LogP contribution in [0.15, 0.2) is 0 Å². The van der Waals surface area contributed by atoms with E-state index in [1.807, 2.05) is 4.90 Å². The Balaban J connectivity index is 2.40. The van der Waals surface area contributed by atoms with Crippen LogP contribution in [-0.4, -0.2) is 63.3 Å². The highest BCUT2D eigenvalue weighted by Crippen LogP contribution is 2.36. The van der Waals surface area contributed by atoms with Gasteiger partial charge in [0.2, 0.25) is 0 Å². The van der Waals surface area contributed by atoms with Gasteiger partial charge in [-0.3, -0.25) is 9.42 Å².